The largest absolute Gasteiger partial charge is 0.352 e. The number of sulfone groups is 1. The zero-order valence-corrected chi connectivity index (χ0v) is 12.1. The number of hydrogen-bond acceptors (Lipinski definition) is 4. The highest BCUT2D eigenvalue weighted by atomic mass is 32.2. The second-order valence-corrected chi connectivity index (χ2v) is 7.17. The molecule has 0 amide bonds. The minimum absolute atomic E-state index is 0.348. The summed E-state index contributed by atoms with van der Waals surface area (Å²) >= 11 is 0. The van der Waals surface area contributed by atoms with E-state index in [2.05, 4.69) is 14.9 Å². The van der Waals surface area contributed by atoms with Crippen molar-refractivity contribution in [2.45, 2.75) is 30.3 Å². The third kappa shape index (κ3) is 2.85. The van der Waals surface area contributed by atoms with Gasteiger partial charge in [0.15, 0.2) is 9.84 Å². The topological polar surface area (TPSA) is 64.0 Å². The van der Waals surface area contributed by atoms with Crippen LogP contribution in [-0.2, 0) is 16.4 Å². The predicted molar refractivity (Wildman–Crippen MR) is 77.4 cm³/mol. The van der Waals surface area contributed by atoms with E-state index in [-0.39, 0.29) is 0 Å². The molecule has 0 unspecified atom stereocenters. The first kappa shape index (κ1) is 13.2. The highest BCUT2D eigenvalue weighted by Gasteiger charge is 2.25. The lowest BCUT2D eigenvalue weighted by molar-refractivity contribution is 0.602. The number of anilines is 1. The van der Waals surface area contributed by atoms with Crippen LogP contribution in [0, 0.1) is 0 Å². The first-order valence-corrected chi connectivity index (χ1v) is 8.49. The van der Waals surface area contributed by atoms with Crippen LogP contribution < -0.4 is 5.32 Å². The van der Waals surface area contributed by atoms with Crippen LogP contribution in [-0.4, -0.2) is 24.2 Å². The smallest absolute Gasteiger partial charge is 0.203 e. The van der Waals surface area contributed by atoms with Gasteiger partial charge in [-0.15, -0.1) is 0 Å². The minimum atomic E-state index is -3.12. The van der Waals surface area contributed by atoms with Crippen molar-refractivity contribution in [2.24, 2.45) is 0 Å². The molecule has 0 saturated heterocycles. The van der Waals surface area contributed by atoms with E-state index in [4.69, 9.17) is 0 Å². The summed E-state index contributed by atoms with van der Waals surface area (Å²) < 4.78 is 24.9. The molecule has 1 aliphatic carbocycles. The molecule has 6 heteroatoms. The lowest BCUT2D eigenvalue weighted by atomic mass is 10.2. The normalized spacial score (nSPS) is 15.2. The van der Waals surface area contributed by atoms with E-state index in [0.717, 1.165) is 11.5 Å². The fraction of sp³-hybridized carbons (Fsp3) is 0.357. The lowest BCUT2D eigenvalue weighted by Crippen LogP contribution is -2.06. The number of aromatic nitrogens is 2. The Labute approximate surface area is 118 Å². The maximum atomic E-state index is 11.4. The van der Waals surface area contributed by atoms with Crippen LogP contribution in [0.15, 0.2) is 41.6 Å². The van der Waals surface area contributed by atoms with E-state index in [1.54, 1.807) is 18.3 Å². The summed E-state index contributed by atoms with van der Waals surface area (Å²) in [4.78, 5) is 4.65. The third-order valence-electron chi connectivity index (χ3n) is 3.41. The highest BCUT2D eigenvalue weighted by molar-refractivity contribution is 7.90. The second kappa shape index (κ2) is 4.94. The summed E-state index contributed by atoms with van der Waals surface area (Å²) in [5.41, 5.74) is 1.03. The number of benzene rings is 1. The quantitative estimate of drug-likeness (QED) is 0.917. The fourth-order valence-electron chi connectivity index (χ4n) is 2.13. The molecule has 1 aromatic carbocycles. The Morgan fingerprint density at radius 1 is 1.30 bits per heavy atom. The van der Waals surface area contributed by atoms with Crippen LogP contribution in [0.4, 0.5) is 5.95 Å². The van der Waals surface area contributed by atoms with Gasteiger partial charge in [0.25, 0.3) is 0 Å². The Balaban J connectivity index is 1.67. The summed E-state index contributed by atoms with van der Waals surface area (Å²) in [5, 5.41) is 3.29. The van der Waals surface area contributed by atoms with Crippen molar-refractivity contribution in [1.82, 2.24) is 9.55 Å². The van der Waals surface area contributed by atoms with Crippen molar-refractivity contribution in [3.8, 4) is 0 Å². The van der Waals surface area contributed by atoms with Gasteiger partial charge in [0.1, 0.15) is 0 Å². The van der Waals surface area contributed by atoms with Crippen molar-refractivity contribution < 1.29 is 8.42 Å². The summed E-state index contributed by atoms with van der Waals surface area (Å²) in [7, 11) is -3.12. The summed E-state index contributed by atoms with van der Waals surface area (Å²) in [5.74, 6) is 0.875. The van der Waals surface area contributed by atoms with Gasteiger partial charge >= 0.3 is 0 Å². The molecule has 0 radical (unpaired) electrons. The molecule has 2 aromatic rings. The number of imidazole rings is 1. The van der Waals surface area contributed by atoms with Crippen LogP contribution in [0.3, 0.4) is 0 Å². The Morgan fingerprint density at radius 2 is 2.00 bits per heavy atom. The molecule has 1 fully saturated rings. The Kier molecular flexibility index (Phi) is 3.25. The molecule has 106 valence electrons. The molecule has 1 saturated carbocycles. The zero-order valence-electron chi connectivity index (χ0n) is 11.3. The summed E-state index contributed by atoms with van der Waals surface area (Å²) in [6, 6.07) is 7.52. The monoisotopic (exact) mass is 291 g/mol. The Morgan fingerprint density at radius 3 is 2.60 bits per heavy atom. The number of hydrogen-bond donors (Lipinski definition) is 1. The van der Waals surface area contributed by atoms with E-state index in [1.165, 1.54) is 19.1 Å². The van der Waals surface area contributed by atoms with Gasteiger partial charge in [-0.1, -0.05) is 12.1 Å². The van der Waals surface area contributed by atoms with Crippen LogP contribution in [0.1, 0.15) is 24.4 Å². The van der Waals surface area contributed by atoms with Crippen LogP contribution in [0.5, 0.6) is 0 Å². The standard InChI is InChI=1S/C14H17N3O2S/c1-20(18,19)13-6-2-11(3-7-13)10-16-14-15-8-9-17(14)12-4-5-12/h2-3,6-9,12H,4-5,10H2,1H3,(H,15,16). The van der Waals surface area contributed by atoms with Gasteiger partial charge in [-0.05, 0) is 30.5 Å². The molecular weight excluding hydrogens is 274 g/mol. The van der Waals surface area contributed by atoms with E-state index in [1.807, 2.05) is 18.3 Å². The maximum Gasteiger partial charge on any atom is 0.203 e. The van der Waals surface area contributed by atoms with E-state index >= 15 is 0 Å². The lowest BCUT2D eigenvalue weighted by Gasteiger charge is -2.09. The summed E-state index contributed by atoms with van der Waals surface area (Å²) in [6.45, 7) is 0.633. The van der Waals surface area contributed by atoms with Gasteiger partial charge in [-0.3, -0.25) is 0 Å². The van der Waals surface area contributed by atoms with Crippen LogP contribution in [0.25, 0.3) is 0 Å². The van der Waals surface area contributed by atoms with Gasteiger partial charge < -0.3 is 9.88 Å². The molecule has 5 nitrogen and oxygen atoms in total. The van der Waals surface area contributed by atoms with Crippen molar-refractivity contribution >= 4 is 15.8 Å². The molecule has 20 heavy (non-hydrogen) atoms. The average Bonchev–Trinajstić information content (AvgIpc) is 3.15. The maximum absolute atomic E-state index is 11.4. The van der Waals surface area contributed by atoms with E-state index in [9.17, 15) is 8.42 Å². The van der Waals surface area contributed by atoms with Crippen molar-refractivity contribution in [1.29, 1.82) is 0 Å². The minimum Gasteiger partial charge on any atom is -0.352 e. The first-order valence-electron chi connectivity index (χ1n) is 6.60. The van der Waals surface area contributed by atoms with Crippen LogP contribution >= 0.6 is 0 Å². The SMILES string of the molecule is CS(=O)(=O)c1ccc(CNc2nccn2C2CC2)cc1. The number of rotatable bonds is 5. The molecule has 0 bridgehead atoms. The van der Waals surface area contributed by atoms with E-state index < -0.39 is 9.84 Å². The van der Waals surface area contributed by atoms with Crippen molar-refractivity contribution in [3.05, 3.63) is 42.2 Å². The zero-order chi connectivity index (χ0) is 14.2. The molecule has 3 rings (SSSR count). The highest BCUT2D eigenvalue weighted by Crippen LogP contribution is 2.36. The van der Waals surface area contributed by atoms with Gasteiger partial charge in [0.05, 0.1) is 4.90 Å². The predicted octanol–water partition coefficient (Wildman–Crippen LogP) is 2.23. The molecule has 0 atom stereocenters. The molecule has 1 aromatic heterocycles. The third-order valence-corrected chi connectivity index (χ3v) is 4.54. The molecule has 0 aliphatic heterocycles. The molecule has 1 aliphatic rings. The van der Waals surface area contributed by atoms with Crippen molar-refractivity contribution in [2.75, 3.05) is 11.6 Å². The Bertz CT molecular complexity index is 700. The Hall–Kier alpha value is -1.82. The molecule has 1 N–H and O–H groups in total. The molecule has 0 spiro atoms. The van der Waals surface area contributed by atoms with E-state index in [0.29, 0.717) is 17.5 Å². The van der Waals surface area contributed by atoms with Crippen molar-refractivity contribution in [3.63, 3.8) is 0 Å². The molecular formula is C14H17N3O2S. The van der Waals surface area contributed by atoms with Crippen LogP contribution in [0.2, 0.25) is 0 Å². The van der Waals surface area contributed by atoms with Gasteiger partial charge in [0.2, 0.25) is 5.95 Å². The number of nitrogens with zero attached hydrogens (tertiary/aromatic N) is 2. The van der Waals surface area contributed by atoms with Gasteiger partial charge in [-0.25, -0.2) is 13.4 Å². The van der Waals surface area contributed by atoms with Gasteiger partial charge in [-0.2, -0.15) is 0 Å². The summed E-state index contributed by atoms with van der Waals surface area (Å²) in [6.07, 6.45) is 7.44. The first-order chi connectivity index (χ1) is 9.54. The number of nitrogens with one attached hydrogen (secondary N) is 1. The van der Waals surface area contributed by atoms with Gasteiger partial charge in [0, 0.05) is 31.2 Å². The average molecular weight is 291 g/mol. The molecule has 1 heterocycles. The fourth-order valence-corrected chi connectivity index (χ4v) is 2.76. The second-order valence-electron chi connectivity index (χ2n) is 5.16.